The fourth-order valence-corrected chi connectivity index (χ4v) is 5.91. The van der Waals surface area contributed by atoms with E-state index in [1.165, 1.54) is 0 Å². The second-order valence-electron chi connectivity index (χ2n) is 7.48. The maximum Gasteiger partial charge on any atom is 0.537 e. The van der Waals surface area contributed by atoms with E-state index in [0.717, 1.165) is 21.9 Å². The molecule has 0 aliphatic carbocycles. The zero-order chi connectivity index (χ0) is 20.0. The van der Waals surface area contributed by atoms with Crippen molar-refractivity contribution in [3.05, 3.63) is 72.3 Å². The Bertz CT molecular complexity index is 695. The number of rotatable bonds is 9. The highest BCUT2D eigenvalue weighted by atomic mass is 28.4. The molecule has 146 valence electrons. The van der Waals surface area contributed by atoms with Gasteiger partial charge in [0.1, 0.15) is 0 Å². The summed E-state index contributed by atoms with van der Waals surface area (Å²) >= 11 is 0. The molecular formula is C23H32O3Si. The minimum Gasteiger partial charge on any atom is -0.367 e. The van der Waals surface area contributed by atoms with Crippen LogP contribution in [0.1, 0.15) is 52.7 Å². The summed E-state index contributed by atoms with van der Waals surface area (Å²) in [6, 6.07) is 18.5. The van der Waals surface area contributed by atoms with E-state index in [2.05, 4.69) is 43.0 Å². The molecule has 0 saturated carbocycles. The van der Waals surface area contributed by atoms with Gasteiger partial charge in [0.05, 0.1) is 0 Å². The van der Waals surface area contributed by atoms with Crippen molar-refractivity contribution in [3.63, 3.8) is 0 Å². The van der Waals surface area contributed by atoms with E-state index in [4.69, 9.17) is 13.3 Å². The largest absolute Gasteiger partial charge is 0.537 e. The average molecular weight is 385 g/mol. The van der Waals surface area contributed by atoms with Gasteiger partial charge in [-0.25, -0.2) is 0 Å². The van der Waals surface area contributed by atoms with Gasteiger partial charge in [-0.1, -0.05) is 61.2 Å². The molecule has 0 aliphatic rings. The molecule has 0 unspecified atom stereocenters. The maximum atomic E-state index is 6.30. The average Bonchev–Trinajstić information content (AvgIpc) is 2.60. The van der Waals surface area contributed by atoms with Crippen LogP contribution < -0.4 is 5.19 Å². The minimum absolute atomic E-state index is 0.00753. The predicted octanol–water partition coefficient (Wildman–Crippen LogP) is 5.17. The summed E-state index contributed by atoms with van der Waals surface area (Å²) in [5.74, 6) is 0. The van der Waals surface area contributed by atoms with Crippen LogP contribution in [0.5, 0.6) is 0 Å². The van der Waals surface area contributed by atoms with Crippen molar-refractivity contribution in [1.82, 2.24) is 0 Å². The van der Waals surface area contributed by atoms with Crippen LogP contribution in [-0.2, 0) is 13.3 Å². The van der Waals surface area contributed by atoms with Crippen LogP contribution in [0.15, 0.2) is 61.2 Å². The Balaban J connectivity index is 2.39. The molecular weight excluding hydrogens is 352 g/mol. The van der Waals surface area contributed by atoms with Crippen LogP contribution in [0, 0.1) is 0 Å². The van der Waals surface area contributed by atoms with E-state index in [1.54, 1.807) is 0 Å². The molecule has 0 spiro atoms. The van der Waals surface area contributed by atoms with Crippen molar-refractivity contribution in [1.29, 1.82) is 0 Å². The standard InChI is InChI=1S/C23H32O3Si/c1-17(2)24-27(25-18(3)4,26-19(5)6)23-15-13-22(14-16-23)20(7)21-11-9-8-10-12-21/h8-19H,7H2,1-6H3. The molecule has 2 aromatic carbocycles. The molecule has 0 amide bonds. The first-order valence-electron chi connectivity index (χ1n) is 9.62. The highest BCUT2D eigenvalue weighted by Gasteiger charge is 2.46. The topological polar surface area (TPSA) is 27.7 Å². The lowest BCUT2D eigenvalue weighted by atomic mass is 10.00. The fourth-order valence-electron chi connectivity index (χ4n) is 2.90. The van der Waals surface area contributed by atoms with Crippen LogP contribution in [-0.4, -0.2) is 27.1 Å². The molecule has 0 saturated heterocycles. The smallest absolute Gasteiger partial charge is 0.367 e. The molecule has 3 nitrogen and oxygen atoms in total. The first kappa shape index (κ1) is 21.6. The Labute approximate surface area is 165 Å². The van der Waals surface area contributed by atoms with Gasteiger partial charge < -0.3 is 13.3 Å². The Morgan fingerprint density at radius 2 is 1.07 bits per heavy atom. The molecule has 4 heteroatoms. The highest BCUT2D eigenvalue weighted by Crippen LogP contribution is 2.23. The molecule has 0 bridgehead atoms. The van der Waals surface area contributed by atoms with Gasteiger partial charge in [-0.05, 0) is 58.2 Å². The van der Waals surface area contributed by atoms with E-state index in [1.807, 2.05) is 59.7 Å². The van der Waals surface area contributed by atoms with Crippen LogP contribution in [0.25, 0.3) is 5.57 Å². The van der Waals surface area contributed by atoms with Gasteiger partial charge in [0, 0.05) is 23.5 Å². The van der Waals surface area contributed by atoms with Gasteiger partial charge in [-0.3, -0.25) is 0 Å². The van der Waals surface area contributed by atoms with Crippen molar-refractivity contribution in [3.8, 4) is 0 Å². The molecule has 0 aliphatic heterocycles. The van der Waals surface area contributed by atoms with E-state index in [9.17, 15) is 0 Å². The van der Waals surface area contributed by atoms with E-state index in [0.29, 0.717) is 0 Å². The van der Waals surface area contributed by atoms with Crippen LogP contribution in [0.2, 0.25) is 0 Å². The summed E-state index contributed by atoms with van der Waals surface area (Å²) in [6.45, 7) is 16.3. The quantitative estimate of drug-likeness (QED) is 0.558. The lowest BCUT2D eigenvalue weighted by Gasteiger charge is -2.34. The normalized spacial score (nSPS) is 12.2. The van der Waals surface area contributed by atoms with Gasteiger partial charge in [0.15, 0.2) is 0 Å². The summed E-state index contributed by atoms with van der Waals surface area (Å²) in [4.78, 5) is 0. The summed E-state index contributed by atoms with van der Waals surface area (Å²) in [7, 11) is -3.03. The number of benzene rings is 2. The summed E-state index contributed by atoms with van der Waals surface area (Å²) in [5.41, 5.74) is 3.18. The van der Waals surface area contributed by atoms with E-state index < -0.39 is 8.80 Å². The lowest BCUT2D eigenvalue weighted by molar-refractivity contribution is 0.0153. The first-order chi connectivity index (χ1) is 12.7. The Morgan fingerprint density at radius 3 is 1.48 bits per heavy atom. The summed E-state index contributed by atoms with van der Waals surface area (Å²) < 4.78 is 18.9. The lowest BCUT2D eigenvalue weighted by Crippen LogP contribution is -2.60. The second kappa shape index (κ2) is 9.47. The molecule has 0 radical (unpaired) electrons. The van der Waals surface area contributed by atoms with Crippen LogP contribution >= 0.6 is 0 Å². The molecule has 2 aromatic rings. The first-order valence-corrected chi connectivity index (χ1v) is 11.3. The Hall–Kier alpha value is -1.72. The molecule has 0 fully saturated rings. The Kier molecular flexibility index (Phi) is 7.56. The third kappa shape index (κ3) is 5.88. The van der Waals surface area contributed by atoms with Crippen molar-refractivity contribution in [2.75, 3.05) is 0 Å². The van der Waals surface area contributed by atoms with Crippen LogP contribution in [0.4, 0.5) is 0 Å². The van der Waals surface area contributed by atoms with Gasteiger partial charge in [0.2, 0.25) is 0 Å². The maximum absolute atomic E-state index is 6.30. The zero-order valence-electron chi connectivity index (χ0n) is 17.4. The van der Waals surface area contributed by atoms with Gasteiger partial charge >= 0.3 is 8.80 Å². The van der Waals surface area contributed by atoms with Gasteiger partial charge in [0.25, 0.3) is 0 Å². The SMILES string of the molecule is C=C(c1ccccc1)c1ccc([Si](OC(C)C)(OC(C)C)OC(C)C)cc1. The molecule has 0 atom stereocenters. The van der Waals surface area contributed by atoms with Crippen LogP contribution in [0.3, 0.4) is 0 Å². The van der Waals surface area contributed by atoms with Crippen molar-refractivity contribution >= 4 is 19.6 Å². The highest BCUT2D eigenvalue weighted by molar-refractivity contribution is 6.75. The molecule has 0 N–H and O–H groups in total. The van der Waals surface area contributed by atoms with E-state index >= 15 is 0 Å². The minimum atomic E-state index is -3.03. The Morgan fingerprint density at radius 1 is 0.667 bits per heavy atom. The van der Waals surface area contributed by atoms with Crippen molar-refractivity contribution in [2.24, 2.45) is 0 Å². The third-order valence-corrected chi connectivity index (χ3v) is 7.27. The van der Waals surface area contributed by atoms with Gasteiger partial charge in [-0.15, -0.1) is 0 Å². The van der Waals surface area contributed by atoms with E-state index in [-0.39, 0.29) is 18.3 Å². The fraction of sp³-hybridized carbons (Fsp3) is 0.391. The summed E-state index contributed by atoms with van der Waals surface area (Å²) in [6.07, 6.45) is 0.0226. The second-order valence-corrected chi connectivity index (χ2v) is 9.87. The number of hydrogen-bond donors (Lipinski definition) is 0. The summed E-state index contributed by atoms with van der Waals surface area (Å²) in [5, 5.41) is 0.975. The van der Waals surface area contributed by atoms with Crippen molar-refractivity contribution in [2.45, 2.75) is 59.9 Å². The predicted molar refractivity (Wildman–Crippen MR) is 115 cm³/mol. The molecule has 0 heterocycles. The molecule has 2 rings (SSSR count). The van der Waals surface area contributed by atoms with Crippen molar-refractivity contribution < 1.29 is 13.3 Å². The molecule has 27 heavy (non-hydrogen) atoms. The monoisotopic (exact) mass is 384 g/mol. The zero-order valence-corrected chi connectivity index (χ0v) is 18.4. The number of hydrogen-bond acceptors (Lipinski definition) is 3. The third-order valence-electron chi connectivity index (χ3n) is 3.88. The molecule has 0 aromatic heterocycles. The van der Waals surface area contributed by atoms with Gasteiger partial charge in [-0.2, -0.15) is 0 Å².